The van der Waals surface area contributed by atoms with Gasteiger partial charge in [-0.25, -0.2) is 10.2 Å². The Kier molecular flexibility index (Phi) is 4.59. The maximum Gasteiger partial charge on any atom is 0.176 e. The average molecular weight is 290 g/mol. The molecule has 0 aliphatic rings. The summed E-state index contributed by atoms with van der Waals surface area (Å²) in [6.45, 7) is 1.90. The molecule has 1 aromatic carbocycles. The number of rotatable bonds is 3. The van der Waals surface area contributed by atoms with Crippen LogP contribution in [0, 0.1) is 12.1 Å². The Bertz CT molecular complexity index is 602. The number of anilines is 2. The Labute approximate surface area is 121 Å². The summed E-state index contributed by atoms with van der Waals surface area (Å²) in [6.07, 6.45) is 0. The van der Waals surface area contributed by atoms with Gasteiger partial charge >= 0.3 is 0 Å². The first-order valence-corrected chi connectivity index (χ1v) is 6.30. The van der Waals surface area contributed by atoms with Gasteiger partial charge < -0.3 is 15.8 Å². The molecular weight excluding hydrogens is 276 g/mol. The van der Waals surface area contributed by atoms with Crippen molar-refractivity contribution in [2.24, 2.45) is 0 Å². The third-order valence-corrected chi connectivity index (χ3v) is 2.72. The molecule has 0 fully saturated rings. The van der Waals surface area contributed by atoms with E-state index >= 15 is 0 Å². The number of nitrogens with zero attached hydrogens (tertiary/aromatic N) is 1. The maximum absolute atomic E-state index is 10.7. The van der Waals surface area contributed by atoms with E-state index in [4.69, 9.17) is 17.4 Å². The molecule has 0 bridgehead atoms. The van der Waals surface area contributed by atoms with E-state index in [1.807, 2.05) is 25.1 Å². The maximum atomic E-state index is 10.7. The number of aromatic nitrogens is 1. The second kappa shape index (κ2) is 6.40. The average Bonchev–Trinajstić information content (AvgIpc) is 2.39. The third kappa shape index (κ3) is 3.97. The van der Waals surface area contributed by atoms with Crippen LogP contribution < -0.4 is 15.9 Å². The second-order valence-electron chi connectivity index (χ2n) is 4.13. The van der Waals surface area contributed by atoms with Crippen molar-refractivity contribution in [2.45, 2.75) is 6.92 Å². The highest BCUT2D eigenvalue weighted by molar-refractivity contribution is 7.80. The van der Waals surface area contributed by atoms with Crippen molar-refractivity contribution in [3.63, 3.8) is 0 Å². The first-order chi connectivity index (χ1) is 9.54. The van der Waals surface area contributed by atoms with Crippen molar-refractivity contribution in [2.75, 3.05) is 10.6 Å². The molecule has 20 heavy (non-hydrogen) atoms. The van der Waals surface area contributed by atoms with Crippen LogP contribution in [0.5, 0.6) is 0 Å². The molecule has 0 aliphatic carbocycles. The normalized spacial score (nSPS) is 11.8. The summed E-state index contributed by atoms with van der Waals surface area (Å²) in [4.78, 5) is 4.28. The summed E-state index contributed by atoms with van der Waals surface area (Å²) in [5.74, 6) is 0.657. The van der Waals surface area contributed by atoms with Crippen molar-refractivity contribution in [3.8, 4) is 0 Å². The van der Waals surface area contributed by atoms with Crippen molar-refractivity contribution in [1.82, 2.24) is 4.98 Å². The minimum absolute atomic E-state index is 0.231. The number of nitrogens with one attached hydrogen (secondary N) is 3. The molecule has 0 radical (unpaired) electrons. The minimum atomic E-state index is -0.957. The van der Waals surface area contributed by atoms with Crippen LogP contribution in [0.15, 0.2) is 42.5 Å². The molecule has 2 rings (SSSR count). The SMILES string of the molecule is Cc1cccc(NC(=S)Nc2ccc([NH+]([O-])O)cc2)n1. The highest BCUT2D eigenvalue weighted by Crippen LogP contribution is 2.11. The molecule has 0 spiro atoms. The highest BCUT2D eigenvalue weighted by atomic mass is 32.1. The van der Waals surface area contributed by atoms with E-state index in [1.165, 1.54) is 12.1 Å². The summed E-state index contributed by atoms with van der Waals surface area (Å²) in [6, 6.07) is 11.9. The van der Waals surface area contributed by atoms with Crippen molar-refractivity contribution in [3.05, 3.63) is 53.4 Å². The molecule has 0 amide bonds. The largest absolute Gasteiger partial charge is 0.595 e. The monoisotopic (exact) mass is 290 g/mol. The van der Waals surface area contributed by atoms with Gasteiger partial charge in [-0.2, -0.15) is 5.23 Å². The lowest BCUT2D eigenvalue weighted by molar-refractivity contribution is -0.991. The molecular formula is C13H14N4O2S. The van der Waals surface area contributed by atoms with Crippen LogP contribution in [-0.4, -0.2) is 15.3 Å². The van der Waals surface area contributed by atoms with Crippen LogP contribution in [0.4, 0.5) is 17.2 Å². The van der Waals surface area contributed by atoms with Gasteiger partial charge in [0.15, 0.2) is 10.8 Å². The fourth-order valence-electron chi connectivity index (χ4n) is 1.59. The number of benzene rings is 1. The summed E-state index contributed by atoms with van der Waals surface area (Å²) in [5.41, 5.74) is 1.83. The Morgan fingerprint density at radius 3 is 2.50 bits per heavy atom. The number of aryl methyl sites for hydroxylation is 1. The molecule has 0 aliphatic heterocycles. The number of pyridine rings is 1. The van der Waals surface area contributed by atoms with Crippen LogP contribution in [-0.2, 0) is 0 Å². The van der Waals surface area contributed by atoms with E-state index in [9.17, 15) is 5.21 Å². The van der Waals surface area contributed by atoms with Crippen molar-refractivity contribution >= 4 is 34.5 Å². The van der Waals surface area contributed by atoms with Gasteiger partial charge in [0, 0.05) is 23.5 Å². The summed E-state index contributed by atoms with van der Waals surface area (Å²) in [7, 11) is 0. The van der Waals surface area contributed by atoms with Crippen molar-refractivity contribution < 1.29 is 10.4 Å². The van der Waals surface area contributed by atoms with Crippen LogP contribution in [0.3, 0.4) is 0 Å². The molecule has 4 N–H and O–H groups in total. The fraction of sp³-hybridized carbons (Fsp3) is 0.0769. The van der Waals surface area contributed by atoms with Gasteiger partial charge in [0.05, 0.1) is 0 Å². The van der Waals surface area contributed by atoms with Crippen LogP contribution >= 0.6 is 12.2 Å². The van der Waals surface area contributed by atoms with Gasteiger partial charge in [-0.3, -0.25) is 0 Å². The predicted molar refractivity (Wildman–Crippen MR) is 81.0 cm³/mol. The lowest BCUT2D eigenvalue weighted by Gasteiger charge is -2.13. The topological polar surface area (TPSA) is 84.7 Å². The molecule has 1 heterocycles. The molecule has 1 unspecified atom stereocenters. The van der Waals surface area contributed by atoms with E-state index in [2.05, 4.69) is 15.6 Å². The zero-order chi connectivity index (χ0) is 14.5. The number of quaternary nitrogens is 1. The Morgan fingerprint density at radius 1 is 1.20 bits per heavy atom. The standard InChI is InChI=1S/C13H14N4O2S/c1-9-3-2-4-12(14-9)16-13(20)15-10-5-7-11(8-6-10)17(18)19/h2-8,17-18H,1H3,(H2,14,15,16,20). The number of hydrogen-bond acceptors (Lipinski definition) is 4. The zero-order valence-corrected chi connectivity index (χ0v) is 11.6. The summed E-state index contributed by atoms with van der Waals surface area (Å²) in [5, 5.41) is 24.9. The highest BCUT2D eigenvalue weighted by Gasteiger charge is 2.02. The zero-order valence-electron chi connectivity index (χ0n) is 10.8. The lowest BCUT2D eigenvalue weighted by atomic mass is 10.3. The molecule has 2 aromatic rings. The first-order valence-electron chi connectivity index (χ1n) is 5.89. The molecule has 1 aromatic heterocycles. The fourth-order valence-corrected chi connectivity index (χ4v) is 1.81. The van der Waals surface area contributed by atoms with E-state index in [0.29, 0.717) is 16.6 Å². The van der Waals surface area contributed by atoms with Crippen LogP contribution in [0.25, 0.3) is 0 Å². The quantitative estimate of drug-likeness (QED) is 0.507. The van der Waals surface area contributed by atoms with Gasteiger partial charge in [0.1, 0.15) is 5.82 Å². The van der Waals surface area contributed by atoms with E-state index < -0.39 is 5.23 Å². The van der Waals surface area contributed by atoms with Gasteiger partial charge in [-0.05, 0) is 43.4 Å². The van der Waals surface area contributed by atoms with Crippen molar-refractivity contribution in [1.29, 1.82) is 0 Å². The van der Waals surface area contributed by atoms with E-state index in [1.54, 1.807) is 12.1 Å². The molecule has 7 heteroatoms. The van der Waals surface area contributed by atoms with Crippen LogP contribution in [0.2, 0.25) is 0 Å². The molecule has 0 saturated carbocycles. The Morgan fingerprint density at radius 2 is 1.90 bits per heavy atom. The van der Waals surface area contributed by atoms with Gasteiger partial charge in [0.25, 0.3) is 0 Å². The Balaban J connectivity index is 1.97. The molecule has 6 nitrogen and oxygen atoms in total. The summed E-state index contributed by atoms with van der Waals surface area (Å²) < 4.78 is 0. The smallest absolute Gasteiger partial charge is 0.176 e. The number of hydrogen-bond donors (Lipinski definition) is 4. The van der Waals surface area contributed by atoms with Gasteiger partial charge in [-0.1, -0.05) is 6.07 Å². The molecule has 104 valence electrons. The van der Waals surface area contributed by atoms with Gasteiger partial charge in [-0.15, -0.1) is 0 Å². The molecule has 1 atom stereocenters. The molecule has 0 saturated heterocycles. The van der Waals surface area contributed by atoms with E-state index in [0.717, 1.165) is 5.69 Å². The Hall–Kier alpha value is -2.06. The second-order valence-corrected chi connectivity index (χ2v) is 4.53. The van der Waals surface area contributed by atoms with E-state index in [-0.39, 0.29) is 5.69 Å². The predicted octanol–water partition coefficient (Wildman–Crippen LogP) is 1.60. The van der Waals surface area contributed by atoms with Crippen LogP contribution in [0.1, 0.15) is 5.69 Å². The summed E-state index contributed by atoms with van der Waals surface area (Å²) >= 11 is 5.17. The third-order valence-electron chi connectivity index (χ3n) is 2.52. The lowest BCUT2D eigenvalue weighted by Crippen LogP contribution is -2.99. The minimum Gasteiger partial charge on any atom is -0.595 e. The first kappa shape index (κ1) is 14.4. The number of thiocarbonyl (C=S) groups is 1. The van der Waals surface area contributed by atoms with Gasteiger partial charge in [0.2, 0.25) is 0 Å².